The van der Waals surface area contributed by atoms with Crippen LogP contribution in [0, 0.1) is 12.3 Å². The lowest BCUT2D eigenvalue weighted by molar-refractivity contribution is 0.762. The van der Waals surface area contributed by atoms with Crippen molar-refractivity contribution in [1.82, 2.24) is 15.6 Å². The lowest BCUT2D eigenvalue weighted by Crippen LogP contribution is -2.30. The minimum atomic E-state index is 0.0160. The van der Waals surface area contributed by atoms with Crippen molar-refractivity contribution in [3.05, 3.63) is 77.1 Å². The first-order valence-corrected chi connectivity index (χ1v) is 7.96. The summed E-state index contributed by atoms with van der Waals surface area (Å²) in [6.45, 7) is 1.92. The lowest BCUT2D eigenvalue weighted by atomic mass is 9.94. The SMILES string of the molecule is CN/C=C(\C(=N)c1ccc(C)nc1)C1=CNC2C=CC(Cl)=NC2=C1. The summed E-state index contributed by atoms with van der Waals surface area (Å²) < 4.78 is 0. The molecule has 3 heterocycles. The topological polar surface area (TPSA) is 73.2 Å². The van der Waals surface area contributed by atoms with Gasteiger partial charge < -0.3 is 10.6 Å². The molecule has 3 N–H and O–H groups in total. The summed E-state index contributed by atoms with van der Waals surface area (Å²) in [5.41, 5.74) is 4.52. The molecular formula is C18H18ClN5. The lowest BCUT2D eigenvalue weighted by Gasteiger charge is -2.24. The number of aliphatic imine (C=N–C) groups is 1. The van der Waals surface area contributed by atoms with Gasteiger partial charge >= 0.3 is 0 Å². The molecule has 0 amide bonds. The summed E-state index contributed by atoms with van der Waals surface area (Å²) in [4.78, 5) is 8.64. The van der Waals surface area contributed by atoms with Crippen molar-refractivity contribution >= 4 is 22.5 Å². The molecule has 2 aliphatic rings. The van der Waals surface area contributed by atoms with Crippen molar-refractivity contribution < 1.29 is 0 Å². The number of hydrogen-bond donors (Lipinski definition) is 3. The van der Waals surface area contributed by atoms with Crippen molar-refractivity contribution in [1.29, 1.82) is 5.41 Å². The van der Waals surface area contributed by atoms with Gasteiger partial charge in [0.2, 0.25) is 0 Å². The van der Waals surface area contributed by atoms with E-state index in [-0.39, 0.29) is 6.04 Å². The maximum absolute atomic E-state index is 8.55. The Morgan fingerprint density at radius 1 is 1.42 bits per heavy atom. The first kappa shape index (κ1) is 16.2. The molecule has 0 aromatic carbocycles. The van der Waals surface area contributed by atoms with Crippen LogP contribution in [0.15, 0.2) is 70.8 Å². The van der Waals surface area contributed by atoms with Crippen LogP contribution in [0.1, 0.15) is 11.3 Å². The summed E-state index contributed by atoms with van der Waals surface area (Å²) >= 11 is 6.00. The van der Waals surface area contributed by atoms with Crippen LogP contribution < -0.4 is 10.6 Å². The van der Waals surface area contributed by atoms with E-state index in [1.165, 1.54) is 0 Å². The van der Waals surface area contributed by atoms with Crippen LogP contribution in [-0.4, -0.2) is 29.0 Å². The van der Waals surface area contributed by atoms with Crippen molar-refractivity contribution in [3.63, 3.8) is 0 Å². The maximum Gasteiger partial charge on any atom is 0.129 e. The zero-order valence-corrected chi connectivity index (χ0v) is 14.2. The predicted molar refractivity (Wildman–Crippen MR) is 98.5 cm³/mol. The van der Waals surface area contributed by atoms with E-state index in [2.05, 4.69) is 20.6 Å². The van der Waals surface area contributed by atoms with Gasteiger partial charge in [0.15, 0.2) is 0 Å². The molecule has 3 rings (SSSR count). The highest BCUT2D eigenvalue weighted by atomic mass is 35.5. The minimum Gasteiger partial charge on any atom is -0.393 e. The Morgan fingerprint density at radius 2 is 2.25 bits per heavy atom. The van der Waals surface area contributed by atoms with E-state index in [0.717, 1.165) is 28.1 Å². The summed E-state index contributed by atoms with van der Waals surface area (Å²) in [6.07, 6.45) is 11.1. The van der Waals surface area contributed by atoms with E-state index >= 15 is 0 Å². The average molecular weight is 340 g/mol. The van der Waals surface area contributed by atoms with E-state index in [1.807, 2.05) is 44.5 Å². The average Bonchev–Trinajstić information content (AvgIpc) is 2.59. The van der Waals surface area contributed by atoms with Crippen molar-refractivity contribution in [2.24, 2.45) is 4.99 Å². The molecule has 1 atom stereocenters. The van der Waals surface area contributed by atoms with Gasteiger partial charge in [0.1, 0.15) is 5.17 Å². The molecule has 1 aromatic heterocycles. The van der Waals surface area contributed by atoms with E-state index in [4.69, 9.17) is 17.0 Å². The number of dihydropyridines is 2. The molecule has 0 fully saturated rings. The largest absolute Gasteiger partial charge is 0.393 e. The number of allylic oxidation sites excluding steroid dienone is 4. The van der Waals surface area contributed by atoms with Crippen LogP contribution in [0.2, 0.25) is 0 Å². The number of aryl methyl sites for hydroxylation is 1. The smallest absolute Gasteiger partial charge is 0.129 e. The highest BCUT2D eigenvalue weighted by Gasteiger charge is 2.21. The van der Waals surface area contributed by atoms with Gasteiger partial charge in [-0.3, -0.25) is 10.4 Å². The number of nitrogens with one attached hydrogen (secondary N) is 3. The second kappa shape index (κ2) is 6.84. The second-order valence-electron chi connectivity index (χ2n) is 5.52. The van der Waals surface area contributed by atoms with E-state index in [0.29, 0.717) is 10.9 Å². The van der Waals surface area contributed by atoms with Crippen molar-refractivity contribution in [2.45, 2.75) is 13.0 Å². The Hall–Kier alpha value is -2.66. The fourth-order valence-electron chi connectivity index (χ4n) is 2.52. The van der Waals surface area contributed by atoms with Gasteiger partial charge in [0.25, 0.3) is 0 Å². The third-order valence-corrected chi connectivity index (χ3v) is 3.98. The van der Waals surface area contributed by atoms with Gasteiger partial charge in [0.05, 0.1) is 17.5 Å². The molecule has 122 valence electrons. The number of aromatic nitrogens is 1. The molecule has 0 saturated carbocycles. The normalized spacial score (nSPS) is 19.5. The second-order valence-corrected chi connectivity index (χ2v) is 5.90. The number of hydrogen-bond acceptors (Lipinski definition) is 5. The third kappa shape index (κ3) is 3.31. The van der Waals surface area contributed by atoms with E-state index in [1.54, 1.807) is 18.5 Å². The fraction of sp³-hybridized carbons (Fsp3) is 0.167. The molecule has 2 aliphatic heterocycles. The van der Waals surface area contributed by atoms with Crippen LogP contribution in [0.25, 0.3) is 0 Å². The van der Waals surface area contributed by atoms with Gasteiger partial charge in [-0.15, -0.1) is 0 Å². The van der Waals surface area contributed by atoms with Gasteiger partial charge in [-0.05, 0) is 31.2 Å². The number of rotatable bonds is 4. The van der Waals surface area contributed by atoms with Gasteiger partial charge in [-0.2, -0.15) is 0 Å². The molecule has 6 heteroatoms. The minimum absolute atomic E-state index is 0.0160. The fourth-order valence-corrected chi connectivity index (χ4v) is 2.69. The zero-order valence-electron chi connectivity index (χ0n) is 13.5. The number of nitrogens with zero attached hydrogens (tertiary/aromatic N) is 2. The highest BCUT2D eigenvalue weighted by Crippen LogP contribution is 2.25. The number of pyridine rings is 1. The molecular weight excluding hydrogens is 322 g/mol. The van der Waals surface area contributed by atoms with Crippen LogP contribution in [0.4, 0.5) is 0 Å². The van der Waals surface area contributed by atoms with Crippen LogP contribution in [0.3, 0.4) is 0 Å². The van der Waals surface area contributed by atoms with Gasteiger partial charge in [-0.1, -0.05) is 17.7 Å². The highest BCUT2D eigenvalue weighted by molar-refractivity contribution is 6.68. The van der Waals surface area contributed by atoms with Gasteiger partial charge in [0, 0.05) is 48.0 Å². The Balaban J connectivity index is 1.94. The molecule has 5 nitrogen and oxygen atoms in total. The van der Waals surface area contributed by atoms with E-state index in [9.17, 15) is 0 Å². The third-order valence-electron chi connectivity index (χ3n) is 3.77. The van der Waals surface area contributed by atoms with Crippen molar-refractivity contribution in [3.8, 4) is 0 Å². The molecule has 24 heavy (non-hydrogen) atoms. The molecule has 1 aromatic rings. The van der Waals surface area contributed by atoms with Crippen LogP contribution in [-0.2, 0) is 0 Å². The number of halogens is 1. The van der Waals surface area contributed by atoms with Gasteiger partial charge in [-0.25, -0.2) is 4.99 Å². The Bertz CT molecular complexity index is 812. The Morgan fingerprint density at radius 3 is 2.96 bits per heavy atom. The summed E-state index contributed by atoms with van der Waals surface area (Å²) in [5, 5.41) is 15.3. The molecule has 0 bridgehead atoms. The molecule has 0 spiro atoms. The standard InChI is InChI=1S/C18H18ClN5/c1-11-3-4-12(8-22-11)18(20)14(10-21-2)13-7-16-15(23-9-13)5-6-17(19)24-16/h3-10,15,20-21,23H,1-2H3/b14-10-,20-18?. The predicted octanol–water partition coefficient (Wildman–Crippen LogP) is 2.81. The summed E-state index contributed by atoms with van der Waals surface area (Å²) in [5.74, 6) is 0. The van der Waals surface area contributed by atoms with Crippen molar-refractivity contribution in [2.75, 3.05) is 7.05 Å². The quantitative estimate of drug-likeness (QED) is 0.738. The monoisotopic (exact) mass is 339 g/mol. The molecule has 0 radical (unpaired) electrons. The summed E-state index contributed by atoms with van der Waals surface area (Å²) in [7, 11) is 1.81. The number of fused-ring (bicyclic) bond motifs is 1. The molecule has 0 aliphatic carbocycles. The van der Waals surface area contributed by atoms with Crippen LogP contribution >= 0.6 is 11.6 Å². The zero-order chi connectivity index (χ0) is 17.1. The maximum atomic E-state index is 8.55. The Labute approximate surface area is 146 Å². The Kier molecular flexibility index (Phi) is 4.62. The van der Waals surface area contributed by atoms with E-state index < -0.39 is 0 Å². The first-order valence-electron chi connectivity index (χ1n) is 7.58. The summed E-state index contributed by atoms with van der Waals surface area (Å²) in [6, 6.07) is 3.82. The molecule has 1 unspecified atom stereocenters. The van der Waals surface area contributed by atoms with Crippen LogP contribution in [0.5, 0.6) is 0 Å². The first-order chi connectivity index (χ1) is 11.6. The molecule has 0 saturated heterocycles.